The first-order valence-electron chi connectivity index (χ1n) is 11.5. The molecule has 7 nitrogen and oxygen atoms in total. The molecule has 2 aliphatic rings. The van der Waals surface area contributed by atoms with Crippen molar-refractivity contribution in [3.05, 3.63) is 64.9 Å². The number of aliphatic hydroxyl groups excluding tert-OH is 1. The van der Waals surface area contributed by atoms with Gasteiger partial charge in [0.25, 0.3) is 0 Å². The maximum absolute atomic E-state index is 14.6. The molecule has 2 aliphatic heterocycles. The lowest BCUT2D eigenvalue weighted by molar-refractivity contribution is -0.144. The highest BCUT2D eigenvalue weighted by Crippen LogP contribution is 2.50. The molecule has 3 aromatic rings. The van der Waals surface area contributed by atoms with Crippen LogP contribution in [0.4, 0.5) is 8.78 Å². The minimum absolute atomic E-state index is 0.00710. The number of amides is 1. The van der Waals surface area contributed by atoms with Crippen LogP contribution in [0.1, 0.15) is 22.9 Å². The highest BCUT2D eigenvalue weighted by atomic mass is 19.1. The summed E-state index contributed by atoms with van der Waals surface area (Å²) < 4.78 is 41.0. The predicted octanol–water partition coefficient (Wildman–Crippen LogP) is 2.74. The number of benzene rings is 2. The van der Waals surface area contributed by atoms with Crippen molar-refractivity contribution in [2.24, 2.45) is 7.05 Å². The molecule has 1 fully saturated rings. The number of hydrogen-bond donors (Lipinski definition) is 1. The third kappa shape index (κ3) is 3.78. The molecule has 1 atom stereocenters. The highest BCUT2D eigenvalue weighted by Gasteiger charge is 2.54. The van der Waals surface area contributed by atoms with Gasteiger partial charge in [-0.1, -0.05) is 0 Å². The Hall–Kier alpha value is -3.01. The zero-order valence-corrected chi connectivity index (χ0v) is 20.1. The molecular weight excluding hydrogens is 456 g/mol. The van der Waals surface area contributed by atoms with E-state index < -0.39 is 23.1 Å². The van der Waals surface area contributed by atoms with E-state index in [0.717, 1.165) is 34.3 Å². The van der Waals surface area contributed by atoms with Gasteiger partial charge in [-0.15, -0.1) is 0 Å². The number of aromatic nitrogens is 1. The first kappa shape index (κ1) is 23.7. The zero-order chi connectivity index (χ0) is 24.9. The standard InChI is InChI=1S/C26H29F2N3O4/c1-29-21-9-18(35-3)5-6-19(21)24-25(29)22(11-32)30(10-16-8-17(27)4-7-20(16)28)13-26(24)14-31(15-26)23(33)12-34-2/h4-9,22,32H,10-15H2,1-3H3/t22-/m0/s1. The average molecular weight is 486 g/mol. The maximum Gasteiger partial charge on any atom is 0.248 e. The average Bonchev–Trinajstić information content (AvgIpc) is 3.11. The highest BCUT2D eigenvalue weighted by molar-refractivity contribution is 5.89. The molecule has 5 rings (SSSR count). The zero-order valence-electron chi connectivity index (χ0n) is 20.1. The summed E-state index contributed by atoms with van der Waals surface area (Å²) in [5.74, 6) is -0.371. The molecule has 35 heavy (non-hydrogen) atoms. The second-order valence-electron chi connectivity index (χ2n) is 9.50. The molecule has 1 aromatic heterocycles. The lowest BCUT2D eigenvalue weighted by Gasteiger charge is -2.56. The Labute approximate surface area is 202 Å². The number of nitrogens with zero attached hydrogens (tertiary/aromatic N) is 3. The summed E-state index contributed by atoms with van der Waals surface area (Å²) in [6, 6.07) is 8.88. The molecule has 0 bridgehead atoms. The Morgan fingerprint density at radius 2 is 1.91 bits per heavy atom. The summed E-state index contributed by atoms with van der Waals surface area (Å²) in [6.45, 7) is 1.40. The van der Waals surface area contributed by atoms with Crippen LogP contribution in [-0.4, -0.2) is 72.4 Å². The van der Waals surface area contributed by atoms with Crippen LogP contribution in [0, 0.1) is 11.6 Å². The van der Waals surface area contributed by atoms with E-state index >= 15 is 0 Å². The lowest BCUT2D eigenvalue weighted by Crippen LogP contribution is -2.68. The maximum atomic E-state index is 14.6. The van der Waals surface area contributed by atoms with Gasteiger partial charge in [0.2, 0.25) is 5.91 Å². The number of ether oxygens (including phenoxy) is 2. The van der Waals surface area contributed by atoms with Gasteiger partial charge in [0.05, 0.1) is 25.3 Å². The number of hydrogen-bond acceptors (Lipinski definition) is 5. The summed E-state index contributed by atoms with van der Waals surface area (Å²) in [4.78, 5) is 16.3. The third-order valence-corrected chi connectivity index (χ3v) is 7.41. The Bertz CT molecular complexity index is 1290. The molecule has 1 amide bonds. The SMILES string of the molecule is COCC(=O)N1CC2(C1)CN(Cc1cc(F)ccc1F)[C@@H](CO)c1c2c2ccc(OC)cc2n1C. The van der Waals surface area contributed by atoms with Gasteiger partial charge in [0, 0.05) is 68.5 Å². The Kier molecular flexibility index (Phi) is 6.03. The van der Waals surface area contributed by atoms with Crippen LogP contribution < -0.4 is 4.74 Å². The van der Waals surface area contributed by atoms with E-state index in [2.05, 4.69) is 0 Å². The molecule has 1 spiro atoms. The molecule has 0 unspecified atom stereocenters. The lowest BCUT2D eigenvalue weighted by atomic mass is 9.68. The van der Waals surface area contributed by atoms with E-state index in [4.69, 9.17) is 9.47 Å². The second kappa shape index (κ2) is 8.89. The summed E-state index contributed by atoms with van der Waals surface area (Å²) in [6.07, 6.45) is 0. The monoisotopic (exact) mass is 485 g/mol. The van der Waals surface area contributed by atoms with E-state index in [1.165, 1.54) is 13.2 Å². The topological polar surface area (TPSA) is 67.2 Å². The van der Waals surface area contributed by atoms with Crippen LogP contribution >= 0.6 is 0 Å². The van der Waals surface area contributed by atoms with Crippen LogP contribution in [-0.2, 0) is 28.5 Å². The van der Waals surface area contributed by atoms with Crippen molar-refractivity contribution in [1.82, 2.24) is 14.4 Å². The number of carbonyl (C=O) groups excluding carboxylic acids is 1. The minimum Gasteiger partial charge on any atom is -0.497 e. The summed E-state index contributed by atoms with van der Waals surface area (Å²) in [7, 11) is 5.05. The molecule has 3 heterocycles. The van der Waals surface area contributed by atoms with Gasteiger partial charge in [-0.05, 0) is 35.9 Å². The van der Waals surface area contributed by atoms with Gasteiger partial charge < -0.3 is 24.0 Å². The van der Waals surface area contributed by atoms with Gasteiger partial charge in [-0.3, -0.25) is 9.69 Å². The first-order chi connectivity index (χ1) is 16.8. The summed E-state index contributed by atoms with van der Waals surface area (Å²) >= 11 is 0. The number of carbonyl (C=O) groups is 1. The van der Waals surface area contributed by atoms with Gasteiger partial charge in [0.1, 0.15) is 24.0 Å². The molecule has 9 heteroatoms. The molecule has 0 saturated carbocycles. The Balaban J connectivity index is 1.63. The van der Waals surface area contributed by atoms with E-state index in [1.807, 2.05) is 34.7 Å². The number of aryl methyl sites for hydroxylation is 1. The molecule has 2 aromatic carbocycles. The van der Waals surface area contributed by atoms with Gasteiger partial charge >= 0.3 is 0 Å². The summed E-state index contributed by atoms with van der Waals surface area (Å²) in [5, 5.41) is 11.5. The van der Waals surface area contributed by atoms with E-state index in [1.54, 1.807) is 12.0 Å². The number of methoxy groups -OCH3 is 2. The van der Waals surface area contributed by atoms with Gasteiger partial charge in [-0.25, -0.2) is 8.78 Å². The van der Waals surface area contributed by atoms with Crippen LogP contribution in [0.25, 0.3) is 10.9 Å². The fraction of sp³-hybridized carbons (Fsp3) is 0.423. The Morgan fingerprint density at radius 3 is 2.60 bits per heavy atom. The molecular formula is C26H29F2N3O4. The minimum atomic E-state index is -0.508. The fourth-order valence-electron chi connectivity index (χ4n) is 5.85. The van der Waals surface area contributed by atoms with Crippen LogP contribution in [0.5, 0.6) is 5.75 Å². The Morgan fingerprint density at radius 1 is 1.14 bits per heavy atom. The van der Waals surface area contributed by atoms with Gasteiger partial charge in [0.15, 0.2) is 0 Å². The molecule has 0 aliphatic carbocycles. The number of rotatable bonds is 6. The van der Waals surface area contributed by atoms with Crippen molar-refractivity contribution in [3.8, 4) is 5.75 Å². The predicted molar refractivity (Wildman–Crippen MR) is 126 cm³/mol. The number of likely N-dealkylation sites (tertiary alicyclic amines) is 1. The second-order valence-corrected chi connectivity index (χ2v) is 9.50. The quantitative estimate of drug-likeness (QED) is 0.582. The third-order valence-electron chi connectivity index (χ3n) is 7.41. The van der Waals surface area contributed by atoms with Crippen LogP contribution in [0.3, 0.4) is 0 Å². The van der Waals surface area contributed by atoms with Crippen molar-refractivity contribution < 1.29 is 28.2 Å². The van der Waals surface area contributed by atoms with Crippen LogP contribution in [0.15, 0.2) is 36.4 Å². The number of halogens is 2. The molecule has 1 N–H and O–H groups in total. The van der Waals surface area contributed by atoms with E-state index in [-0.39, 0.29) is 31.2 Å². The molecule has 0 radical (unpaired) electrons. The van der Waals surface area contributed by atoms with Crippen molar-refractivity contribution in [1.29, 1.82) is 0 Å². The van der Waals surface area contributed by atoms with Crippen molar-refractivity contribution in [2.75, 3.05) is 47.1 Å². The molecule has 186 valence electrons. The largest absolute Gasteiger partial charge is 0.497 e. The van der Waals surface area contributed by atoms with Crippen molar-refractivity contribution >= 4 is 16.8 Å². The first-order valence-corrected chi connectivity index (χ1v) is 11.5. The summed E-state index contributed by atoms with van der Waals surface area (Å²) in [5.41, 5.74) is 2.77. The number of aliphatic hydroxyl groups is 1. The smallest absolute Gasteiger partial charge is 0.248 e. The van der Waals surface area contributed by atoms with Crippen molar-refractivity contribution in [3.63, 3.8) is 0 Å². The van der Waals surface area contributed by atoms with Crippen LogP contribution in [0.2, 0.25) is 0 Å². The van der Waals surface area contributed by atoms with E-state index in [9.17, 15) is 18.7 Å². The number of fused-ring (bicyclic) bond motifs is 4. The van der Waals surface area contributed by atoms with Gasteiger partial charge in [-0.2, -0.15) is 0 Å². The molecule has 1 saturated heterocycles. The van der Waals surface area contributed by atoms with Crippen molar-refractivity contribution in [2.45, 2.75) is 18.0 Å². The van der Waals surface area contributed by atoms with E-state index in [0.29, 0.717) is 25.4 Å². The normalized spacial score (nSPS) is 19.1. The fourth-order valence-corrected chi connectivity index (χ4v) is 5.85.